The first-order valence-electron chi connectivity index (χ1n) is 9.10. The molecule has 26 heavy (non-hydrogen) atoms. The number of carbonyl (C=O) groups excluding carboxylic acids is 1. The minimum Gasteiger partial charge on any atom is -0.365 e. The fourth-order valence-corrected chi connectivity index (χ4v) is 3.47. The molecule has 0 bridgehead atoms. The Morgan fingerprint density at radius 1 is 1.23 bits per heavy atom. The zero-order valence-corrected chi connectivity index (χ0v) is 16.0. The maximum atomic E-state index is 11.5. The first kappa shape index (κ1) is 18.3. The molecule has 6 nitrogen and oxygen atoms in total. The molecule has 2 heterocycles. The number of likely N-dealkylation sites (tertiary alicyclic amines) is 1. The third-order valence-electron chi connectivity index (χ3n) is 4.70. The summed E-state index contributed by atoms with van der Waals surface area (Å²) in [4.78, 5) is 13.9. The molecule has 0 spiro atoms. The van der Waals surface area contributed by atoms with Gasteiger partial charge in [0.25, 0.3) is 0 Å². The molecule has 1 fully saturated rings. The summed E-state index contributed by atoms with van der Waals surface area (Å²) in [5.41, 5.74) is 4.56. The summed E-state index contributed by atoms with van der Waals surface area (Å²) in [6, 6.07) is 8.41. The van der Waals surface area contributed by atoms with Gasteiger partial charge in [-0.25, -0.2) is 0 Å². The molecule has 2 N–H and O–H groups in total. The van der Waals surface area contributed by atoms with E-state index in [1.165, 1.54) is 13.3 Å². The minimum absolute atomic E-state index is 0.0952. The number of likely N-dealkylation sites (N-methyl/N-ethyl adjacent to an activating group) is 1. The molecular formula is C20H27N5O. The van der Waals surface area contributed by atoms with Crippen LogP contribution in [0.2, 0.25) is 0 Å². The van der Waals surface area contributed by atoms with Crippen LogP contribution >= 0.6 is 0 Å². The molecule has 138 valence electrons. The summed E-state index contributed by atoms with van der Waals surface area (Å²) in [5, 5.41) is 15.2. The quantitative estimate of drug-likeness (QED) is 0.883. The third kappa shape index (κ3) is 4.38. The monoisotopic (exact) mass is 353 g/mol. The summed E-state index contributed by atoms with van der Waals surface area (Å²) >= 11 is 0. The third-order valence-corrected chi connectivity index (χ3v) is 4.70. The van der Waals surface area contributed by atoms with Crippen LogP contribution in [0.3, 0.4) is 0 Å². The average Bonchev–Trinajstić information content (AvgIpc) is 2.55. The van der Waals surface area contributed by atoms with Gasteiger partial charge in [-0.1, -0.05) is 12.1 Å². The van der Waals surface area contributed by atoms with Crippen molar-refractivity contribution in [1.82, 2.24) is 15.1 Å². The summed E-state index contributed by atoms with van der Waals surface area (Å²) in [6.45, 7) is 7.72. The summed E-state index contributed by atoms with van der Waals surface area (Å²) in [7, 11) is 2.15. The van der Waals surface area contributed by atoms with Crippen molar-refractivity contribution in [2.45, 2.75) is 39.7 Å². The number of aryl methyl sites for hydroxylation is 2. The zero-order chi connectivity index (χ0) is 18.7. The molecule has 1 saturated heterocycles. The van der Waals surface area contributed by atoms with Crippen molar-refractivity contribution < 1.29 is 4.79 Å². The second kappa shape index (κ2) is 7.83. The Labute approximate surface area is 155 Å². The Kier molecular flexibility index (Phi) is 5.52. The largest absolute Gasteiger partial charge is 0.365 e. The standard InChI is InChI=1S/C20H27N5O/c1-13-7-8-17(18(10-13)21-15(3)26)20-14(2)11-19(23-24-20)22-16-6-5-9-25(4)12-16/h7-8,10-11,16H,5-6,9,12H2,1-4H3,(H,21,26)(H,22,23)/t16-/m1/s1. The lowest BCUT2D eigenvalue weighted by atomic mass is 10.0. The Morgan fingerprint density at radius 3 is 2.73 bits per heavy atom. The number of aromatic nitrogens is 2. The van der Waals surface area contributed by atoms with Crippen LogP contribution in [0.1, 0.15) is 30.9 Å². The maximum Gasteiger partial charge on any atom is 0.221 e. The molecule has 1 aliphatic rings. The Morgan fingerprint density at radius 2 is 2.04 bits per heavy atom. The number of amides is 1. The van der Waals surface area contributed by atoms with Gasteiger partial charge in [0.1, 0.15) is 5.82 Å². The molecule has 1 aliphatic heterocycles. The predicted octanol–water partition coefficient (Wildman–Crippen LogP) is 3.22. The van der Waals surface area contributed by atoms with Gasteiger partial charge in [-0.05, 0) is 63.5 Å². The topological polar surface area (TPSA) is 70.1 Å². The number of piperidine rings is 1. The first-order chi connectivity index (χ1) is 12.4. The van der Waals surface area contributed by atoms with Gasteiger partial charge < -0.3 is 15.5 Å². The Hall–Kier alpha value is -2.47. The number of hydrogen-bond donors (Lipinski definition) is 2. The maximum absolute atomic E-state index is 11.5. The number of anilines is 2. The Balaban J connectivity index is 1.85. The SMILES string of the molecule is CC(=O)Nc1cc(C)ccc1-c1nnc(N[C@@H]2CCCN(C)C2)cc1C. The fourth-order valence-electron chi connectivity index (χ4n) is 3.47. The number of benzene rings is 1. The number of carbonyl (C=O) groups is 1. The lowest BCUT2D eigenvalue weighted by molar-refractivity contribution is -0.114. The van der Waals surface area contributed by atoms with Crippen LogP contribution in [-0.4, -0.2) is 47.2 Å². The van der Waals surface area contributed by atoms with E-state index >= 15 is 0 Å². The van der Waals surface area contributed by atoms with E-state index in [1.807, 2.05) is 38.1 Å². The second-order valence-corrected chi connectivity index (χ2v) is 7.24. The van der Waals surface area contributed by atoms with Crippen LogP contribution in [0, 0.1) is 13.8 Å². The van der Waals surface area contributed by atoms with E-state index in [0.717, 1.165) is 53.4 Å². The summed E-state index contributed by atoms with van der Waals surface area (Å²) in [5.74, 6) is 0.710. The van der Waals surface area contributed by atoms with E-state index in [-0.39, 0.29) is 5.91 Å². The van der Waals surface area contributed by atoms with E-state index in [9.17, 15) is 4.79 Å². The van der Waals surface area contributed by atoms with Crippen molar-refractivity contribution in [2.75, 3.05) is 30.8 Å². The van der Waals surface area contributed by atoms with Gasteiger partial charge in [0.15, 0.2) is 0 Å². The van der Waals surface area contributed by atoms with Crippen molar-refractivity contribution in [3.63, 3.8) is 0 Å². The summed E-state index contributed by atoms with van der Waals surface area (Å²) in [6.07, 6.45) is 2.35. The Bertz CT molecular complexity index is 805. The van der Waals surface area contributed by atoms with Gasteiger partial charge in [0.2, 0.25) is 5.91 Å². The van der Waals surface area contributed by atoms with E-state index < -0.39 is 0 Å². The lowest BCUT2D eigenvalue weighted by Crippen LogP contribution is -2.39. The van der Waals surface area contributed by atoms with Crippen LogP contribution in [0.25, 0.3) is 11.3 Å². The number of nitrogens with zero attached hydrogens (tertiary/aromatic N) is 3. The van der Waals surface area contributed by atoms with Crippen molar-refractivity contribution >= 4 is 17.4 Å². The number of rotatable bonds is 4. The highest BCUT2D eigenvalue weighted by molar-refractivity contribution is 5.94. The van der Waals surface area contributed by atoms with Crippen LogP contribution in [0.5, 0.6) is 0 Å². The predicted molar refractivity (Wildman–Crippen MR) is 105 cm³/mol. The van der Waals surface area contributed by atoms with Gasteiger partial charge in [-0.15, -0.1) is 10.2 Å². The molecule has 3 rings (SSSR count). The van der Waals surface area contributed by atoms with Crippen molar-refractivity contribution in [3.05, 3.63) is 35.4 Å². The summed E-state index contributed by atoms with van der Waals surface area (Å²) < 4.78 is 0. The molecular weight excluding hydrogens is 326 g/mol. The van der Waals surface area contributed by atoms with Gasteiger partial charge in [-0.2, -0.15) is 0 Å². The molecule has 2 aromatic rings. The van der Waals surface area contributed by atoms with Gasteiger partial charge in [0.05, 0.1) is 11.4 Å². The van der Waals surface area contributed by atoms with Gasteiger partial charge in [-0.3, -0.25) is 4.79 Å². The number of hydrogen-bond acceptors (Lipinski definition) is 5. The molecule has 6 heteroatoms. The van der Waals surface area contributed by atoms with E-state index in [2.05, 4.69) is 32.8 Å². The fraction of sp³-hybridized carbons (Fsp3) is 0.450. The molecule has 0 radical (unpaired) electrons. The van der Waals surface area contributed by atoms with Gasteiger partial charge in [0, 0.05) is 25.1 Å². The van der Waals surface area contributed by atoms with Crippen molar-refractivity contribution in [1.29, 1.82) is 0 Å². The van der Waals surface area contributed by atoms with E-state index in [0.29, 0.717) is 6.04 Å². The minimum atomic E-state index is -0.0952. The highest BCUT2D eigenvalue weighted by Crippen LogP contribution is 2.30. The molecule has 0 saturated carbocycles. The van der Waals surface area contributed by atoms with Crippen molar-refractivity contribution in [2.24, 2.45) is 0 Å². The average molecular weight is 353 g/mol. The van der Waals surface area contributed by atoms with Crippen LogP contribution in [0.15, 0.2) is 24.3 Å². The number of nitrogens with one attached hydrogen (secondary N) is 2. The molecule has 1 atom stereocenters. The highest BCUT2D eigenvalue weighted by atomic mass is 16.1. The van der Waals surface area contributed by atoms with Crippen LogP contribution in [-0.2, 0) is 4.79 Å². The first-order valence-corrected chi connectivity index (χ1v) is 9.10. The lowest BCUT2D eigenvalue weighted by Gasteiger charge is -2.30. The van der Waals surface area contributed by atoms with E-state index in [4.69, 9.17) is 0 Å². The molecule has 1 aromatic heterocycles. The van der Waals surface area contributed by atoms with Crippen molar-refractivity contribution in [3.8, 4) is 11.3 Å². The smallest absolute Gasteiger partial charge is 0.221 e. The molecule has 1 aromatic carbocycles. The van der Waals surface area contributed by atoms with Crippen LogP contribution < -0.4 is 10.6 Å². The molecule has 0 unspecified atom stereocenters. The molecule has 1 amide bonds. The van der Waals surface area contributed by atoms with E-state index in [1.54, 1.807) is 0 Å². The molecule has 0 aliphatic carbocycles. The second-order valence-electron chi connectivity index (χ2n) is 7.24. The van der Waals surface area contributed by atoms with Crippen LogP contribution in [0.4, 0.5) is 11.5 Å². The zero-order valence-electron chi connectivity index (χ0n) is 16.0. The highest BCUT2D eigenvalue weighted by Gasteiger charge is 2.18. The normalized spacial score (nSPS) is 17.8. The van der Waals surface area contributed by atoms with Gasteiger partial charge >= 0.3 is 0 Å².